The molecular formula is C33H44N6O4S. The second-order valence-corrected chi connectivity index (χ2v) is 14.3. The normalized spacial score (nSPS) is 18.5. The Bertz CT molecular complexity index is 1510. The molecule has 236 valence electrons. The lowest BCUT2D eigenvalue weighted by Gasteiger charge is -2.47. The molecule has 3 aromatic rings. The molecule has 3 fully saturated rings. The van der Waals surface area contributed by atoms with Crippen molar-refractivity contribution in [3.8, 4) is 11.8 Å². The second kappa shape index (κ2) is 12.9. The number of aromatic nitrogens is 3. The van der Waals surface area contributed by atoms with E-state index in [1.54, 1.807) is 29.7 Å². The van der Waals surface area contributed by atoms with Gasteiger partial charge in [-0.05, 0) is 106 Å². The van der Waals surface area contributed by atoms with Crippen LogP contribution >= 0.6 is 0 Å². The molecule has 11 heteroatoms. The molecule has 1 spiro atoms. The highest BCUT2D eigenvalue weighted by molar-refractivity contribution is 7.89. The molecule has 6 rings (SSSR count). The van der Waals surface area contributed by atoms with Crippen molar-refractivity contribution < 1.29 is 17.9 Å². The zero-order valence-corrected chi connectivity index (χ0v) is 26.9. The highest BCUT2D eigenvalue weighted by atomic mass is 32.2. The molecule has 1 saturated carbocycles. The summed E-state index contributed by atoms with van der Waals surface area (Å²) < 4.78 is 40.4. The first-order valence-corrected chi connectivity index (χ1v) is 17.2. The topological polar surface area (TPSA) is 101 Å². The summed E-state index contributed by atoms with van der Waals surface area (Å²) in [6, 6.07) is 10.1. The number of methoxy groups -OCH3 is 1. The molecule has 0 atom stereocenters. The predicted octanol–water partition coefficient (Wildman–Crippen LogP) is 5.01. The van der Waals surface area contributed by atoms with Crippen LogP contribution in [0.25, 0.3) is 0 Å². The van der Waals surface area contributed by atoms with Crippen molar-refractivity contribution >= 4 is 21.5 Å². The van der Waals surface area contributed by atoms with Crippen molar-refractivity contribution in [1.29, 1.82) is 0 Å². The van der Waals surface area contributed by atoms with Crippen molar-refractivity contribution in [2.75, 3.05) is 56.2 Å². The minimum absolute atomic E-state index is 0.0470. The molecular weight excluding hydrogens is 576 g/mol. The maximum absolute atomic E-state index is 13.7. The molecule has 1 aromatic carbocycles. The van der Waals surface area contributed by atoms with E-state index in [4.69, 9.17) is 14.5 Å². The fraction of sp³-hybridized carbons (Fsp3) is 0.545. The van der Waals surface area contributed by atoms with Gasteiger partial charge in [-0.25, -0.2) is 13.4 Å². The number of hydrogen-bond donors (Lipinski definition) is 0. The van der Waals surface area contributed by atoms with Gasteiger partial charge in [-0.1, -0.05) is 0 Å². The van der Waals surface area contributed by atoms with Gasteiger partial charge in [0, 0.05) is 63.0 Å². The maximum atomic E-state index is 13.7. The summed E-state index contributed by atoms with van der Waals surface area (Å²) in [7, 11) is -2.05. The molecule has 2 aliphatic heterocycles. The Morgan fingerprint density at radius 3 is 2.18 bits per heavy atom. The molecule has 2 saturated heterocycles. The quantitative estimate of drug-likeness (QED) is 0.274. The molecule has 10 nitrogen and oxygen atoms in total. The lowest BCUT2D eigenvalue weighted by molar-refractivity contribution is 0.166. The van der Waals surface area contributed by atoms with E-state index in [-0.39, 0.29) is 6.04 Å². The highest BCUT2D eigenvalue weighted by Gasteiger charge is 2.40. The number of pyridine rings is 1. The smallest absolute Gasteiger partial charge is 0.318 e. The zero-order chi connectivity index (χ0) is 30.7. The molecule has 0 N–H and O–H groups in total. The van der Waals surface area contributed by atoms with Crippen LogP contribution in [0.15, 0.2) is 53.8 Å². The van der Waals surface area contributed by atoms with Crippen LogP contribution in [0.5, 0.6) is 11.8 Å². The zero-order valence-electron chi connectivity index (χ0n) is 26.1. The van der Waals surface area contributed by atoms with E-state index in [0.29, 0.717) is 52.8 Å². The lowest BCUT2D eigenvalue weighted by Crippen LogP contribution is -2.47. The van der Waals surface area contributed by atoms with Gasteiger partial charge >= 0.3 is 6.01 Å². The van der Waals surface area contributed by atoms with Crippen LogP contribution < -0.4 is 19.3 Å². The maximum Gasteiger partial charge on any atom is 0.318 e. The van der Waals surface area contributed by atoms with Crippen molar-refractivity contribution in [3.05, 3.63) is 60.0 Å². The number of hydrogen-bond acceptors (Lipinski definition) is 9. The van der Waals surface area contributed by atoms with E-state index in [0.717, 1.165) is 57.7 Å². The summed E-state index contributed by atoms with van der Waals surface area (Å²) in [6.07, 6.45) is 12.6. The number of anilines is 2. The van der Waals surface area contributed by atoms with Gasteiger partial charge in [0.05, 0.1) is 18.6 Å². The van der Waals surface area contributed by atoms with E-state index in [1.165, 1.54) is 18.5 Å². The van der Waals surface area contributed by atoms with E-state index in [1.807, 2.05) is 32.3 Å². The molecule has 3 aliphatic rings. The Morgan fingerprint density at radius 1 is 0.932 bits per heavy atom. The third-order valence-corrected chi connectivity index (χ3v) is 11.8. The van der Waals surface area contributed by atoms with Crippen LogP contribution in [0.3, 0.4) is 0 Å². The fourth-order valence-corrected chi connectivity index (χ4v) is 9.02. The summed E-state index contributed by atoms with van der Waals surface area (Å²) in [5.41, 5.74) is 3.08. The molecule has 0 bridgehead atoms. The fourth-order valence-electron chi connectivity index (χ4n) is 6.88. The van der Waals surface area contributed by atoms with Crippen LogP contribution in [0, 0.1) is 19.3 Å². The third kappa shape index (κ3) is 6.63. The number of nitrogens with zero attached hydrogens (tertiary/aromatic N) is 6. The summed E-state index contributed by atoms with van der Waals surface area (Å²) in [5.74, 6) is 1.56. The van der Waals surface area contributed by atoms with Gasteiger partial charge in [0.25, 0.3) is 0 Å². The van der Waals surface area contributed by atoms with E-state index in [2.05, 4.69) is 31.9 Å². The summed E-state index contributed by atoms with van der Waals surface area (Å²) >= 11 is 0. The Labute approximate surface area is 261 Å². The van der Waals surface area contributed by atoms with Crippen molar-refractivity contribution in [3.63, 3.8) is 0 Å². The van der Waals surface area contributed by atoms with Gasteiger partial charge in [-0.3, -0.25) is 4.98 Å². The molecule has 1 aliphatic carbocycles. The molecule has 0 radical (unpaired) electrons. The molecule has 44 heavy (non-hydrogen) atoms. The monoisotopic (exact) mass is 620 g/mol. The van der Waals surface area contributed by atoms with Crippen LogP contribution in [0.2, 0.25) is 0 Å². The van der Waals surface area contributed by atoms with Crippen molar-refractivity contribution in [2.45, 2.75) is 69.7 Å². The van der Waals surface area contributed by atoms with Gasteiger partial charge in [0.15, 0.2) is 0 Å². The Balaban J connectivity index is 1.01. The number of rotatable bonds is 11. The largest absolute Gasteiger partial charge is 0.497 e. The van der Waals surface area contributed by atoms with Gasteiger partial charge in [0.2, 0.25) is 10.0 Å². The number of piperidine rings is 2. The Hall–Kier alpha value is -3.44. The van der Waals surface area contributed by atoms with Crippen LogP contribution in [-0.4, -0.2) is 80.2 Å². The van der Waals surface area contributed by atoms with Gasteiger partial charge < -0.3 is 19.3 Å². The molecule has 4 heterocycles. The van der Waals surface area contributed by atoms with E-state index < -0.39 is 10.0 Å². The van der Waals surface area contributed by atoms with Gasteiger partial charge in [-0.15, -0.1) is 0 Å². The standard InChI is InChI=1S/C33H44N6O4S/c1-25-23-29(42-3)24-26(2)31(25)44(40,41)39(28-5-6-28)17-4-22-43-32-35-16-9-30(36-32)38-20-12-33(13-21-38)10-18-37(19-11-33)27-7-14-34-15-8-27/h7-9,14-16,23-24,28H,4-6,10-13,17-22H2,1-3H3. The number of benzene rings is 1. The SMILES string of the molecule is COc1cc(C)c(S(=O)(=O)N(CCCOc2nccc(N3CCC4(CCN(c5ccncc5)CC4)CC3)n2)C2CC2)c(C)c1. The first-order valence-electron chi connectivity index (χ1n) is 15.8. The number of aryl methyl sites for hydroxylation is 2. The minimum atomic E-state index is -3.64. The first kappa shape index (κ1) is 30.6. The minimum Gasteiger partial charge on any atom is -0.497 e. The summed E-state index contributed by atoms with van der Waals surface area (Å²) in [4.78, 5) is 18.4. The van der Waals surface area contributed by atoms with Gasteiger partial charge in [0.1, 0.15) is 11.6 Å². The lowest BCUT2D eigenvalue weighted by atomic mass is 9.71. The van der Waals surface area contributed by atoms with Gasteiger partial charge in [-0.2, -0.15) is 9.29 Å². The van der Waals surface area contributed by atoms with E-state index in [9.17, 15) is 8.42 Å². The Morgan fingerprint density at radius 2 is 1.57 bits per heavy atom. The van der Waals surface area contributed by atoms with Crippen LogP contribution in [-0.2, 0) is 10.0 Å². The molecule has 0 unspecified atom stereocenters. The van der Waals surface area contributed by atoms with E-state index >= 15 is 0 Å². The molecule has 0 amide bonds. The van der Waals surface area contributed by atoms with Crippen molar-refractivity contribution in [1.82, 2.24) is 19.3 Å². The van der Waals surface area contributed by atoms with Crippen molar-refractivity contribution in [2.24, 2.45) is 5.41 Å². The highest BCUT2D eigenvalue weighted by Crippen LogP contribution is 2.43. The average Bonchev–Trinajstić information content (AvgIpc) is 3.87. The first-order chi connectivity index (χ1) is 21.3. The van der Waals surface area contributed by atoms with Crippen LogP contribution in [0.1, 0.15) is 56.1 Å². The summed E-state index contributed by atoms with van der Waals surface area (Å²) in [5, 5.41) is 0. The number of sulfonamides is 1. The predicted molar refractivity (Wildman–Crippen MR) is 171 cm³/mol. The average molecular weight is 621 g/mol. The van der Waals surface area contributed by atoms with Crippen LogP contribution in [0.4, 0.5) is 11.5 Å². The molecule has 2 aromatic heterocycles. The Kier molecular flexibility index (Phi) is 8.96. The second-order valence-electron chi connectivity index (χ2n) is 12.5. The third-order valence-electron chi connectivity index (χ3n) is 9.56. The summed E-state index contributed by atoms with van der Waals surface area (Å²) in [6.45, 7) is 8.53. The number of ether oxygens (including phenoxy) is 2.